The molecule has 0 aliphatic carbocycles. The third-order valence-corrected chi connectivity index (χ3v) is 1.57. The summed E-state index contributed by atoms with van der Waals surface area (Å²) in [5.41, 5.74) is 0.0362. The zero-order chi connectivity index (χ0) is 9.42. The lowest BCUT2D eigenvalue weighted by atomic mass is 10.4. The molecule has 2 aromatic rings. The summed E-state index contributed by atoms with van der Waals surface area (Å²) in [6.07, 6.45) is 2.49. The second kappa shape index (κ2) is 2.67. The van der Waals surface area contributed by atoms with E-state index in [1.807, 2.05) is 0 Å². The van der Waals surface area contributed by atoms with Crippen molar-refractivity contribution < 1.29 is 9.90 Å². The van der Waals surface area contributed by atoms with Crippen LogP contribution < -0.4 is 0 Å². The Balaban J connectivity index is 2.67. The number of carboxylic acids is 1. The predicted octanol–water partition coefficient (Wildman–Crippen LogP) is 0.476. The highest BCUT2D eigenvalue weighted by atomic mass is 35.5. The molecule has 0 fully saturated rings. The van der Waals surface area contributed by atoms with Gasteiger partial charge in [-0.05, 0) is 11.6 Å². The molecule has 0 aromatic carbocycles. The van der Waals surface area contributed by atoms with Gasteiger partial charge in [0.05, 0.1) is 5.56 Å². The molecule has 0 bridgehead atoms. The van der Waals surface area contributed by atoms with E-state index >= 15 is 0 Å². The molecule has 0 saturated heterocycles. The molecule has 0 spiro atoms. The molecular formula is C6H3ClN4O2. The summed E-state index contributed by atoms with van der Waals surface area (Å²) in [6, 6.07) is 0. The van der Waals surface area contributed by atoms with Crippen LogP contribution in [0.4, 0.5) is 0 Å². The summed E-state index contributed by atoms with van der Waals surface area (Å²) in [6.45, 7) is 0. The van der Waals surface area contributed by atoms with Gasteiger partial charge in [-0.15, -0.1) is 5.10 Å². The molecule has 66 valence electrons. The van der Waals surface area contributed by atoms with E-state index in [-0.39, 0.29) is 16.6 Å². The minimum atomic E-state index is -1.07. The third-order valence-electron chi connectivity index (χ3n) is 1.41. The maximum absolute atomic E-state index is 10.5. The fourth-order valence-electron chi connectivity index (χ4n) is 0.867. The number of hydrogen-bond acceptors (Lipinski definition) is 4. The number of nitrogens with zero attached hydrogens (tertiary/aromatic N) is 4. The van der Waals surface area contributed by atoms with Crippen molar-refractivity contribution in [1.82, 2.24) is 19.6 Å². The van der Waals surface area contributed by atoms with E-state index in [1.165, 1.54) is 16.9 Å². The van der Waals surface area contributed by atoms with Crippen molar-refractivity contribution in [3.63, 3.8) is 0 Å². The lowest BCUT2D eigenvalue weighted by molar-refractivity contribution is 0.0695. The number of carboxylic acid groups (broad SMARTS) is 1. The van der Waals surface area contributed by atoms with Crippen LogP contribution in [0.15, 0.2) is 12.4 Å². The molecule has 0 atom stereocenters. The summed E-state index contributed by atoms with van der Waals surface area (Å²) < 4.78 is 1.21. The highest BCUT2D eigenvalue weighted by Gasteiger charge is 2.07. The molecule has 6 nitrogen and oxygen atoms in total. The van der Waals surface area contributed by atoms with E-state index in [9.17, 15) is 4.79 Å². The van der Waals surface area contributed by atoms with Gasteiger partial charge in [-0.1, -0.05) is 0 Å². The molecule has 0 saturated carbocycles. The fraction of sp³-hybridized carbons (Fsp3) is 0. The molecule has 0 aliphatic rings. The number of aromatic carboxylic acids is 1. The number of rotatable bonds is 1. The van der Waals surface area contributed by atoms with E-state index in [0.29, 0.717) is 0 Å². The highest BCUT2D eigenvalue weighted by molar-refractivity contribution is 6.28. The van der Waals surface area contributed by atoms with Crippen LogP contribution in [0.1, 0.15) is 10.4 Å². The topological polar surface area (TPSA) is 80.4 Å². The Labute approximate surface area is 76.8 Å². The van der Waals surface area contributed by atoms with Gasteiger partial charge in [0.25, 0.3) is 5.78 Å². The first kappa shape index (κ1) is 7.93. The first-order chi connectivity index (χ1) is 6.16. The standard InChI is InChI=1S/C6H3ClN4O2/c7-5-9-6-8-1-3(4(12)13)2-11(6)10-5/h1-2H,(H,12,13). The Hall–Kier alpha value is -1.69. The van der Waals surface area contributed by atoms with Crippen LogP contribution in [0.25, 0.3) is 5.78 Å². The van der Waals surface area contributed by atoms with E-state index in [2.05, 4.69) is 15.1 Å². The van der Waals surface area contributed by atoms with Crippen molar-refractivity contribution in [3.8, 4) is 0 Å². The van der Waals surface area contributed by atoms with Gasteiger partial charge < -0.3 is 5.11 Å². The van der Waals surface area contributed by atoms with Crippen LogP contribution in [0.2, 0.25) is 5.28 Å². The summed E-state index contributed by atoms with van der Waals surface area (Å²) >= 11 is 5.48. The molecule has 13 heavy (non-hydrogen) atoms. The van der Waals surface area contributed by atoms with Crippen LogP contribution in [-0.4, -0.2) is 30.7 Å². The van der Waals surface area contributed by atoms with E-state index in [1.54, 1.807) is 0 Å². The number of hydrogen-bond donors (Lipinski definition) is 1. The average molecular weight is 199 g/mol. The molecule has 0 radical (unpaired) electrons. The monoisotopic (exact) mass is 198 g/mol. The molecule has 2 rings (SSSR count). The van der Waals surface area contributed by atoms with Crippen molar-refractivity contribution in [2.45, 2.75) is 0 Å². The summed E-state index contributed by atoms with van der Waals surface area (Å²) in [7, 11) is 0. The van der Waals surface area contributed by atoms with Crippen molar-refractivity contribution in [2.24, 2.45) is 0 Å². The number of carbonyl (C=O) groups is 1. The van der Waals surface area contributed by atoms with E-state index in [0.717, 1.165) is 0 Å². The van der Waals surface area contributed by atoms with Crippen LogP contribution in [0.3, 0.4) is 0 Å². The van der Waals surface area contributed by atoms with Crippen LogP contribution in [-0.2, 0) is 0 Å². The van der Waals surface area contributed by atoms with Crippen LogP contribution >= 0.6 is 11.6 Å². The summed E-state index contributed by atoms with van der Waals surface area (Å²) in [4.78, 5) is 18.0. The molecule has 2 heterocycles. The Bertz CT molecular complexity index is 480. The Morgan fingerprint density at radius 1 is 1.62 bits per heavy atom. The van der Waals surface area contributed by atoms with Gasteiger partial charge in [0.1, 0.15) is 0 Å². The number of aromatic nitrogens is 4. The zero-order valence-corrected chi connectivity index (χ0v) is 6.93. The third kappa shape index (κ3) is 1.31. The van der Waals surface area contributed by atoms with Gasteiger partial charge in [0.15, 0.2) is 0 Å². The molecule has 0 unspecified atom stereocenters. The zero-order valence-electron chi connectivity index (χ0n) is 6.18. The fourth-order valence-corrected chi connectivity index (χ4v) is 1.02. The predicted molar refractivity (Wildman–Crippen MR) is 42.8 cm³/mol. The molecule has 1 N–H and O–H groups in total. The van der Waals surface area contributed by atoms with Crippen molar-refractivity contribution >= 4 is 23.3 Å². The van der Waals surface area contributed by atoms with Gasteiger partial charge in [-0.25, -0.2) is 14.3 Å². The number of halogens is 1. The first-order valence-electron chi connectivity index (χ1n) is 3.28. The second-order valence-corrected chi connectivity index (χ2v) is 2.61. The normalized spacial score (nSPS) is 10.5. The van der Waals surface area contributed by atoms with Crippen LogP contribution in [0.5, 0.6) is 0 Å². The van der Waals surface area contributed by atoms with Gasteiger partial charge in [0.2, 0.25) is 5.28 Å². The summed E-state index contributed by atoms with van der Waals surface area (Å²) in [5, 5.41) is 12.4. The lowest BCUT2D eigenvalue weighted by Gasteiger charge is -1.92. The first-order valence-corrected chi connectivity index (χ1v) is 3.66. The average Bonchev–Trinajstić information content (AvgIpc) is 2.42. The maximum atomic E-state index is 10.5. The Morgan fingerprint density at radius 2 is 2.38 bits per heavy atom. The SMILES string of the molecule is O=C(O)c1cnc2nc(Cl)nn2c1. The number of fused-ring (bicyclic) bond motifs is 1. The smallest absolute Gasteiger partial charge is 0.338 e. The quantitative estimate of drug-likeness (QED) is 0.721. The second-order valence-electron chi connectivity index (χ2n) is 2.27. The molecule has 0 amide bonds. The van der Waals surface area contributed by atoms with Gasteiger partial charge in [-0.2, -0.15) is 4.98 Å². The van der Waals surface area contributed by atoms with E-state index < -0.39 is 5.97 Å². The molecule has 2 aromatic heterocycles. The molecule has 0 aliphatic heterocycles. The minimum Gasteiger partial charge on any atom is -0.478 e. The van der Waals surface area contributed by atoms with Gasteiger partial charge in [-0.3, -0.25) is 0 Å². The van der Waals surface area contributed by atoms with Crippen molar-refractivity contribution in [2.75, 3.05) is 0 Å². The van der Waals surface area contributed by atoms with Crippen molar-refractivity contribution in [1.29, 1.82) is 0 Å². The minimum absolute atomic E-state index is 0.0362. The Kier molecular flexibility index (Phi) is 1.63. The largest absolute Gasteiger partial charge is 0.478 e. The van der Waals surface area contributed by atoms with Crippen LogP contribution in [0, 0.1) is 0 Å². The maximum Gasteiger partial charge on any atom is 0.338 e. The van der Waals surface area contributed by atoms with Gasteiger partial charge >= 0.3 is 5.97 Å². The highest BCUT2D eigenvalue weighted by Crippen LogP contribution is 2.04. The molecule has 7 heteroatoms. The molecular weight excluding hydrogens is 196 g/mol. The lowest BCUT2D eigenvalue weighted by Crippen LogP contribution is -2.01. The van der Waals surface area contributed by atoms with Crippen molar-refractivity contribution in [3.05, 3.63) is 23.2 Å². The van der Waals surface area contributed by atoms with Gasteiger partial charge in [0, 0.05) is 12.4 Å². The Morgan fingerprint density at radius 3 is 3.08 bits per heavy atom. The summed E-state index contributed by atoms with van der Waals surface area (Å²) in [5.74, 6) is -0.795. The van der Waals surface area contributed by atoms with E-state index in [4.69, 9.17) is 16.7 Å².